The minimum absolute atomic E-state index is 0.0383. The highest BCUT2D eigenvalue weighted by Crippen LogP contribution is 2.50. The number of fused-ring (bicyclic) bond motifs is 3. The summed E-state index contributed by atoms with van der Waals surface area (Å²) in [5.74, 6) is 0.116. The molecule has 0 spiro atoms. The standard InChI is InChI=1S/C24H21ClN2O/c1-24(2)12-19-23(20(28)13-24)21(14-5-7-15(25)8-6-14)22-16-4-3-11-26-17(16)9-10-18(22)27-19/h3-11,21,27H,12-13H2,1-2H3/t21-/m0/s1. The van der Waals surface area contributed by atoms with Gasteiger partial charge in [0.25, 0.3) is 0 Å². The normalized spacial score (nSPS) is 20.5. The maximum Gasteiger partial charge on any atom is 0.162 e. The molecular formula is C24H21ClN2O. The zero-order valence-electron chi connectivity index (χ0n) is 15.9. The molecule has 1 aromatic heterocycles. The molecule has 140 valence electrons. The average molecular weight is 389 g/mol. The van der Waals surface area contributed by atoms with E-state index in [1.54, 1.807) is 6.20 Å². The van der Waals surface area contributed by atoms with Gasteiger partial charge >= 0.3 is 0 Å². The Morgan fingerprint density at radius 2 is 1.86 bits per heavy atom. The summed E-state index contributed by atoms with van der Waals surface area (Å²) < 4.78 is 0. The first-order chi connectivity index (χ1) is 13.4. The molecule has 0 fully saturated rings. The third-order valence-corrected chi connectivity index (χ3v) is 6.06. The van der Waals surface area contributed by atoms with E-state index in [-0.39, 0.29) is 17.1 Å². The van der Waals surface area contributed by atoms with Crippen molar-refractivity contribution in [2.24, 2.45) is 5.41 Å². The van der Waals surface area contributed by atoms with Crippen LogP contribution in [0.3, 0.4) is 0 Å². The van der Waals surface area contributed by atoms with Crippen molar-refractivity contribution in [3.8, 4) is 0 Å². The number of carbonyl (C=O) groups excluding carboxylic acids is 1. The van der Waals surface area contributed by atoms with Crippen molar-refractivity contribution in [2.75, 3.05) is 5.32 Å². The molecule has 28 heavy (non-hydrogen) atoms. The van der Waals surface area contributed by atoms with Crippen molar-refractivity contribution in [1.82, 2.24) is 4.98 Å². The fraction of sp³-hybridized carbons (Fsp3) is 0.250. The molecule has 1 N–H and O–H groups in total. The molecule has 0 saturated carbocycles. The Bertz CT molecular complexity index is 1140. The predicted molar refractivity (Wildman–Crippen MR) is 114 cm³/mol. The number of anilines is 1. The lowest BCUT2D eigenvalue weighted by Crippen LogP contribution is -2.33. The Kier molecular flexibility index (Phi) is 3.85. The van der Waals surface area contributed by atoms with Gasteiger partial charge < -0.3 is 5.32 Å². The Hall–Kier alpha value is -2.65. The van der Waals surface area contributed by atoms with Crippen molar-refractivity contribution >= 4 is 34.0 Å². The number of halogens is 1. The van der Waals surface area contributed by atoms with Crippen LogP contribution in [0.5, 0.6) is 0 Å². The highest BCUT2D eigenvalue weighted by molar-refractivity contribution is 6.30. The van der Waals surface area contributed by atoms with E-state index in [1.165, 1.54) is 0 Å². The number of nitrogens with zero attached hydrogens (tertiary/aromatic N) is 1. The minimum Gasteiger partial charge on any atom is -0.358 e. The van der Waals surface area contributed by atoms with Gasteiger partial charge in [-0.3, -0.25) is 9.78 Å². The molecule has 1 aliphatic carbocycles. The number of aromatic nitrogens is 1. The maximum atomic E-state index is 13.3. The van der Waals surface area contributed by atoms with Gasteiger partial charge in [0.1, 0.15) is 0 Å². The monoisotopic (exact) mass is 388 g/mol. The van der Waals surface area contributed by atoms with Gasteiger partial charge in [-0.2, -0.15) is 0 Å². The molecule has 0 bridgehead atoms. The Morgan fingerprint density at radius 3 is 2.64 bits per heavy atom. The van der Waals surface area contributed by atoms with Crippen LogP contribution in [0, 0.1) is 5.41 Å². The quantitative estimate of drug-likeness (QED) is 0.548. The molecule has 1 atom stereocenters. The summed E-state index contributed by atoms with van der Waals surface area (Å²) in [5, 5.41) is 5.37. The second-order valence-corrected chi connectivity index (χ2v) is 8.98. The van der Waals surface area contributed by atoms with Crippen LogP contribution in [0.4, 0.5) is 5.69 Å². The second kappa shape index (κ2) is 6.18. The molecule has 2 heterocycles. The number of rotatable bonds is 1. The van der Waals surface area contributed by atoms with Crippen LogP contribution in [-0.2, 0) is 4.79 Å². The lowest BCUT2D eigenvalue weighted by molar-refractivity contribution is -0.118. The fourth-order valence-corrected chi connectivity index (χ4v) is 4.80. The molecule has 1 aliphatic heterocycles. The SMILES string of the molecule is CC1(C)CC(=O)C2=C(C1)Nc1ccc3ncccc3c1[C@@H]2c1ccc(Cl)cc1. The summed E-state index contributed by atoms with van der Waals surface area (Å²) >= 11 is 6.15. The van der Waals surface area contributed by atoms with Crippen LogP contribution in [0.1, 0.15) is 43.7 Å². The Balaban J connectivity index is 1.81. The topological polar surface area (TPSA) is 42.0 Å². The van der Waals surface area contributed by atoms with Crippen LogP contribution in [0.25, 0.3) is 10.9 Å². The van der Waals surface area contributed by atoms with E-state index in [2.05, 4.69) is 36.3 Å². The lowest BCUT2D eigenvalue weighted by atomic mass is 9.68. The van der Waals surface area contributed by atoms with Gasteiger partial charge in [0.15, 0.2) is 5.78 Å². The van der Waals surface area contributed by atoms with Crippen molar-refractivity contribution < 1.29 is 4.79 Å². The van der Waals surface area contributed by atoms with Crippen molar-refractivity contribution in [2.45, 2.75) is 32.6 Å². The van der Waals surface area contributed by atoms with Gasteiger partial charge in [0.2, 0.25) is 0 Å². The highest BCUT2D eigenvalue weighted by atomic mass is 35.5. The highest BCUT2D eigenvalue weighted by Gasteiger charge is 2.41. The van der Waals surface area contributed by atoms with Crippen LogP contribution in [-0.4, -0.2) is 10.8 Å². The van der Waals surface area contributed by atoms with E-state index in [9.17, 15) is 4.79 Å². The molecule has 0 saturated heterocycles. The van der Waals surface area contributed by atoms with E-state index in [0.717, 1.165) is 45.4 Å². The molecule has 0 unspecified atom stereocenters. The van der Waals surface area contributed by atoms with Gasteiger partial charge in [-0.05, 0) is 53.3 Å². The van der Waals surface area contributed by atoms with Crippen LogP contribution in [0.2, 0.25) is 5.02 Å². The van der Waals surface area contributed by atoms with E-state index in [4.69, 9.17) is 11.6 Å². The second-order valence-electron chi connectivity index (χ2n) is 8.54. The zero-order chi connectivity index (χ0) is 19.5. The summed E-state index contributed by atoms with van der Waals surface area (Å²) in [6, 6.07) is 16.1. The number of pyridine rings is 1. The van der Waals surface area contributed by atoms with Gasteiger partial charge in [0, 0.05) is 45.9 Å². The number of hydrogen-bond acceptors (Lipinski definition) is 3. The number of Topliss-reactive ketones (excluding diaryl/α,β-unsaturated/α-hetero) is 1. The number of benzene rings is 2. The summed E-state index contributed by atoms with van der Waals surface area (Å²) in [5.41, 5.74) is 6.12. The van der Waals surface area contributed by atoms with Crippen molar-refractivity contribution in [1.29, 1.82) is 0 Å². The molecule has 2 aromatic carbocycles. The predicted octanol–water partition coefficient (Wildman–Crippen LogP) is 6.09. The average Bonchev–Trinajstić information content (AvgIpc) is 2.66. The van der Waals surface area contributed by atoms with Crippen LogP contribution >= 0.6 is 11.6 Å². The molecular weight excluding hydrogens is 368 g/mol. The van der Waals surface area contributed by atoms with Crippen molar-refractivity contribution in [3.63, 3.8) is 0 Å². The van der Waals surface area contributed by atoms with Crippen molar-refractivity contribution in [3.05, 3.63) is 82.1 Å². The third kappa shape index (κ3) is 2.73. The molecule has 5 rings (SSSR count). The smallest absolute Gasteiger partial charge is 0.162 e. The lowest BCUT2D eigenvalue weighted by Gasteiger charge is -2.40. The molecule has 2 aliphatic rings. The molecule has 3 nitrogen and oxygen atoms in total. The van der Waals surface area contributed by atoms with Gasteiger partial charge in [-0.25, -0.2) is 0 Å². The number of allylic oxidation sites excluding steroid dienone is 2. The molecule has 3 aromatic rings. The number of ketones is 1. The Labute approximate surface area is 169 Å². The van der Waals surface area contributed by atoms with E-state index >= 15 is 0 Å². The van der Waals surface area contributed by atoms with E-state index in [0.29, 0.717) is 11.4 Å². The summed E-state index contributed by atoms with van der Waals surface area (Å²) in [4.78, 5) is 17.8. The van der Waals surface area contributed by atoms with E-state index < -0.39 is 0 Å². The van der Waals surface area contributed by atoms with Crippen LogP contribution < -0.4 is 5.32 Å². The third-order valence-electron chi connectivity index (χ3n) is 5.81. The first-order valence-electron chi connectivity index (χ1n) is 9.59. The minimum atomic E-state index is -0.111. The summed E-state index contributed by atoms with van der Waals surface area (Å²) in [6.07, 6.45) is 3.24. The zero-order valence-corrected chi connectivity index (χ0v) is 16.7. The molecule has 0 radical (unpaired) electrons. The molecule has 4 heteroatoms. The fourth-order valence-electron chi connectivity index (χ4n) is 4.67. The van der Waals surface area contributed by atoms with Gasteiger partial charge in [-0.15, -0.1) is 0 Å². The first kappa shape index (κ1) is 17.4. The molecule has 0 amide bonds. The first-order valence-corrected chi connectivity index (χ1v) is 9.97. The number of carbonyl (C=O) groups is 1. The maximum absolute atomic E-state index is 13.3. The summed E-state index contributed by atoms with van der Waals surface area (Å²) in [6.45, 7) is 4.32. The van der Waals surface area contributed by atoms with Gasteiger partial charge in [-0.1, -0.05) is 43.6 Å². The largest absolute Gasteiger partial charge is 0.358 e. The number of nitrogens with one attached hydrogen (secondary N) is 1. The van der Waals surface area contributed by atoms with Crippen LogP contribution in [0.15, 0.2) is 66.0 Å². The van der Waals surface area contributed by atoms with E-state index in [1.807, 2.05) is 36.4 Å². The van der Waals surface area contributed by atoms with Gasteiger partial charge in [0.05, 0.1) is 5.52 Å². The summed E-state index contributed by atoms with van der Waals surface area (Å²) in [7, 11) is 0. The Morgan fingerprint density at radius 1 is 1.07 bits per heavy atom. The number of hydrogen-bond donors (Lipinski definition) is 1.